The maximum Gasteiger partial charge on any atom is 0.407 e. The van der Waals surface area contributed by atoms with Gasteiger partial charge in [0, 0.05) is 26.1 Å². The smallest absolute Gasteiger partial charge is 0.407 e. The summed E-state index contributed by atoms with van der Waals surface area (Å²) in [6, 6.07) is 13.6. The molecule has 1 heterocycles. The molecule has 4 amide bonds. The molecule has 0 saturated carbocycles. The van der Waals surface area contributed by atoms with Crippen LogP contribution < -0.4 is 27.4 Å². The number of rotatable bonds is 11. The van der Waals surface area contributed by atoms with Crippen molar-refractivity contribution in [3.63, 3.8) is 0 Å². The Morgan fingerprint density at radius 1 is 1.02 bits per heavy atom. The average molecular weight is 578 g/mol. The van der Waals surface area contributed by atoms with Crippen LogP contribution in [0.5, 0.6) is 0 Å². The number of hydrogen-bond donors (Lipinski definition) is 5. The number of nitrogens with zero attached hydrogens (tertiary/aromatic N) is 2. The van der Waals surface area contributed by atoms with E-state index >= 15 is 0 Å². The van der Waals surface area contributed by atoms with E-state index in [9.17, 15) is 19.2 Å². The number of aliphatic imine (C=N–C) groups is 1. The van der Waals surface area contributed by atoms with Gasteiger partial charge in [0.25, 0.3) is 0 Å². The minimum Gasteiger partial charge on any atom is -0.449 e. The van der Waals surface area contributed by atoms with Gasteiger partial charge in [0.1, 0.15) is 24.7 Å². The lowest BCUT2D eigenvalue weighted by Gasteiger charge is -2.29. The van der Waals surface area contributed by atoms with Crippen molar-refractivity contribution in [3.05, 3.63) is 59.7 Å². The van der Waals surface area contributed by atoms with Crippen LogP contribution in [0.2, 0.25) is 0 Å². The highest BCUT2D eigenvalue weighted by molar-refractivity contribution is 5.94. The number of likely N-dealkylation sites (N-methyl/N-ethyl adjacent to an activating group) is 1. The fourth-order valence-electron chi connectivity index (χ4n) is 5.64. The summed E-state index contributed by atoms with van der Waals surface area (Å²) in [6.45, 7) is 2.29. The number of benzene rings is 2. The number of nitrogens with one attached hydrogen (secondary N) is 3. The van der Waals surface area contributed by atoms with Gasteiger partial charge in [-0.25, -0.2) is 4.79 Å². The van der Waals surface area contributed by atoms with Gasteiger partial charge >= 0.3 is 6.09 Å². The monoisotopic (exact) mass is 577 g/mol. The second-order valence-electron chi connectivity index (χ2n) is 10.5. The van der Waals surface area contributed by atoms with Crippen LogP contribution in [0.15, 0.2) is 53.5 Å². The quantitative estimate of drug-likeness (QED) is 0.151. The molecule has 42 heavy (non-hydrogen) atoms. The van der Waals surface area contributed by atoms with E-state index in [0.29, 0.717) is 25.8 Å². The molecule has 0 spiro atoms. The minimum atomic E-state index is -0.959. The summed E-state index contributed by atoms with van der Waals surface area (Å²) >= 11 is 0. The number of carbonyl (C=O) groups is 4. The molecule has 2 aromatic carbocycles. The lowest BCUT2D eigenvalue weighted by Crippen LogP contribution is -2.55. The van der Waals surface area contributed by atoms with Crippen LogP contribution in [0.25, 0.3) is 11.1 Å². The summed E-state index contributed by atoms with van der Waals surface area (Å²) in [5.74, 6) is -1.36. The molecule has 0 unspecified atom stereocenters. The molecule has 2 aliphatic rings. The molecule has 7 N–H and O–H groups in total. The Hall–Kier alpha value is -4.61. The maximum atomic E-state index is 13.7. The second-order valence-corrected chi connectivity index (χ2v) is 10.5. The Morgan fingerprint density at radius 2 is 1.67 bits per heavy atom. The van der Waals surface area contributed by atoms with E-state index in [0.717, 1.165) is 22.3 Å². The molecule has 2 aromatic rings. The van der Waals surface area contributed by atoms with Crippen LogP contribution in [0.1, 0.15) is 49.7 Å². The van der Waals surface area contributed by atoms with Crippen LogP contribution in [0.3, 0.4) is 0 Å². The van der Waals surface area contributed by atoms with Crippen molar-refractivity contribution in [1.82, 2.24) is 20.9 Å². The van der Waals surface area contributed by atoms with Crippen LogP contribution in [0.4, 0.5) is 4.79 Å². The predicted molar refractivity (Wildman–Crippen MR) is 158 cm³/mol. The molecule has 3 atom stereocenters. The Balaban J connectivity index is 1.44. The first-order valence-electron chi connectivity index (χ1n) is 14.2. The van der Waals surface area contributed by atoms with Crippen LogP contribution in [-0.2, 0) is 19.1 Å². The van der Waals surface area contributed by atoms with Crippen molar-refractivity contribution in [1.29, 1.82) is 0 Å². The summed E-state index contributed by atoms with van der Waals surface area (Å²) in [5, 5.41) is 7.88. The predicted octanol–water partition coefficient (Wildman–Crippen LogP) is 1.19. The SMILES string of the molecule is CNC(=O)[C@@H](C)NC(=O)[C@H]1CCCN1C(=O)[C@H](CCCN=C(N)N)NC(=O)OCC1c2ccccc2-c2ccccc21. The molecule has 0 bridgehead atoms. The van der Waals surface area contributed by atoms with E-state index in [1.165, 1.54) is 11.9 Å². The van der Waals surface area contributed by atoms with Crippen molar-refractivity contribution in [3.8, 4) is 11.1 Å². The van der Waals surface area contributed by atoms with Gasteiger partial charge in [0.05, 0.1) is 0 Å². The Bertz CT molecular complexity index is 1300. The fraction of sp³-hybridized carbons (Fsp3) is 0.433. The third-order valence-electron chi connectivity index (χ3n) is 7.72. The molecule has 224 valence electrons. The molecular formula is C30H39N7O5. The molecule has 12 nitrogen and oxygen atoms in total. The van der Waals surface area contributed by atoms with Crippen LogP contribution in [-0.4, -0.2) is 79.5 Å². The van der Waals surface area contributed by atoms with Gasteiger partial charge in [-0.05, 0) is 54.9 Å². The van der Waals surface area contributed by atoms with Gasteiger partial charge in [-0.15, -0.1) is 0 Å². The minimum absolute atomic E-state index is 0.0658. The van der Waals surface area contributed by atoms with Gasteiger partial charge in [-0.2, -0.15) is 0 Å². The number of carbonyl (C=O) groups excluding carboxylic acids is 4. The first-order chi connectivity index (χ1) is 20.2. The molecule has 12 heteroatoms. The zero-order valence-electron chi connectivity index (χ0n) is 24.0. The van der Waals surface area contributed by atoms with Gasteiger partial charge in [-0.1, -0.05) is 48.5 Å². The summed E-state index contributed by atoms with van der Waals surface area (Å²) < 4.78 is 5.68. The van der Waals surface area contributed by atoms with E-state index in [2.05, 4.69) is 33.1 Å². The first kappa shape index (κ1) is 30.4. The van der Waals surface area contributed by atoms with Crippen molar-refractivity contribution in [2.75, 3.05) is 26.7 Å². The van der Waals surface area contributed by atoms with Crippen LogP contribution in [0, 0.1) is 0 Å². The van der Waals surface area contributed by atoms with E-state index in [4.69, 9.17) is 16.2 Å². The molecular weight excluding hydrogens is 538 g/mol. The maximum absolute atomic E-state index is 13.7. The van der Waals surface area contributed by atoms with E-state index < -0.39 is 36.0 Å². The van der Waals surface area contributed by atoms with Crippen molar-refractivity contribution in [2.24, 2.45) is 16.5 Å². The molecule has 1 aliphatic carbocycles. The third kappa shape index (κ3) is 6.99. The zero-order valence-corrected chi connectivity index (χ0v) is 24.0. The number of ether oxygens (including phenoxy) is 1. The Labute approximate surface area is 245 Å². The molecule has 4 rings (SSSR count). The summed E-state index contributed by atoms with van der Waals surface area (Å²) in [7, 11) is 1.48. The lowest BCUT2D eigenvalue weighted by molar-refractivity contribution is -0.140. The zero-order chi connectivity index (χ0) is 30.2. The highest BCUT2D eigenvalue weighted by Gasteiger charge is 2.38. The molecule has 1 aliphatic heterocycles. The van der Waals surface area contributed by atoms with Gasteiger partial charge < -0.3 is 37.1 Å². The van der Waals surface area contributed by atoms with Gasteiger partial charge in [-0.3, -0.25) is 19.4 Å². The summed E-state index contributed by atoms with van der Waals surface area (Å²) in [6.07, 6.45) is 0.980. The number of guanidine groups is 1. The highest BCUT2D eigenvalue weighted by Crippen LogP contribution is 2.44. The number of fused-ring (bicyclic) bond motifs is 3. The van der Waals surface area contributed by atoms with Crippen molar-refractivity contribution < 1.29 is 23.9 Å². The second kappa shape index (κ2) is 13.8. The largest absolute Gasteiger partial charge is 0.449 e. The molecule has 1 fully saturated rings. The number of hydrogen-bond acceptors (Lipinski definition) is 6. The fourth-order valence-corrected chi connectivity index (χ4v) is 5.64. The molecule has 1 saturated heterocycles. The summed E-state index contributed by atoms with van der Waals surface area (Å²) in [4.78, 5) is 57.1. The molecule has 0 aromatic heterocycles. The number of likely N-dealkylation sites (tertiary alicyclic amines) is 1. The Morgan fingerprint density at radius 3 is 2.29 bits per heavy atom. The standard InChI is InChI=1S/C30H39N7O5/c1-18(26(38)33-2)35-27(39)25-14-8-16-37(25)28(40)24(13-7-15-34-29(31)32)36-30(41)42-17-23-21-11-5-3-9-19(21)20-10-4-6-12-22(20)23/h3-6,9-12,18,23-25H,7-8,13-17H2,1-2H3,(H,33,38)(H,35,39)(H,36,41)(H4,31,32,34)/t18-,24+,25-/m1/s1. The number of nitrogens with two attached hydrogens (primary N) is 2. The van der Waals surface area contributed by atoms with E-state index in [-0.39, 0.29) is 37.4 Å². The first-order valence-corrected chi connectivity index (χ1v) is 14.2. The Kier molecular flexibility index (Phi) is 10.00. The third-order valence-corrected chi connectivity index (χ3v) is 7.72. The van der Waals surface area contributed by atoms with Gasteiger partial charge in [0.15, 0.2) is 5.96 Å². The average Bonchev–Trinajstić information content (AvgIpc) is 3.60. The van der Waals surface area contributed by atoms with Crippen molar-refractivity contribution >= 4 is 29.8 Å². The lowest BCUT2D eigenvalue weighted by atomic mass is 9.98. The van der Waals surface area contributed by atoms with Crippen LogP contribution >= 0.6 is 0 Å². The number of amides is 4. The van der Waals surface area contributed by atoms with E-state index in [1.807, 2.05) is 36.4 Å². The summed E-state index contributed by atoms with van der Waals surface area (Å²) in [5.41, 5.74) is 15.2. The highest BCUT2D eigenvalue weighted by atomic mass is 16.5. The van der Waals surface area contributed by atoms with E-state index in [1.54, 1.807) is 6.92 Å². The topological polar surface area (TPSA) is 181 Å². The van der Waals surface area contributed by atoms with Crippen molar-refractivity contribution in [2.45, 2.75) is 56.7 Å². The number of alkyl carbamates (subject to hydrolysis) is 1. The molecule has 0 radical (unpaired) electrons. The normalized spacial score (nSPS) is 16.9. The van der Waals surface area contributed by atoms with Gasteiger partial charge in [0.2, 0.25) is 17.7 Å².